The Morgan fingerprint density at radius 2 is 2.06 bits per heavy atom. The van der Waals surface area contributed by atoms with E-state index in [-0.39, 0.29) is 14.9 Å². The van der Waals surface area contributed by atoms with Crippen LogP contribution in [0.5, 0.6) is 0 Å². The zero-order valence-electron chi connectivity index (χ0n) is 8.85. The Balaban J connectivity index is 2.30. The smallest absolute Gasteiger partial charge is 0.271 e. The molecule has 0 bridgehead atoms. The first-order chi connectivity index (χ1) is 8.38. The van der Waals surface area contributed by atoms with Gasteiger partial charge in [0, 0.05) is 11.1 Å². The van der Waals surface area contributed by atoms with Gasteiger partial charge in [0.05, 0.1) is 10.7 Å². The summed E-state index contributed by atoms with van der Waals surface area (Å²) in [4.78, 5) is 0. The summed E-state index contributed by atoms with van der Waals surface area (Å²) in [5.41, 5.74) is 6.02. The number of halogens is 2. The van der Waals surface area contributed by atoms with Crippen LogP contribution in [0.15, 0.2) is 33.9 Å². The molecule has 2 aromatic rings. The summed E-state index contributed by atoms with van der Waals surface area (Å²) >= 11 is 6.57. The van der Waals surface area contributed by atoms with Crippen LogP contribution in [0.3, 0.4) is 0 Å². The minimum Gasteiger partial charge on any atom is -0.398 e. The zero-order valence-corrected chi connectivity index (χ0v) is 11.2. The minimum absolute atomic E-state index is 0.0837. The molecule has 1 aromatic heterocycles. The van der Waals surface area contributed by atoms with Gasteiger partial charge in [-0.05, 0) is 24.3 Å². The number of hydrogen-bond donors (Lipinski definition) is 2. The molecule has 0 aliphatic carbocycles. The van der Waals surface area contributed by atoms with E-state index in [0.717, 1.165) is 17.4 Å². The lowest BCUT2D eigenvalue weighted by Crippen LogP contribution is -2.11. The molecule has 0 atom stereocenters. The van der Waals surface area contributed by atoms with E-state index < -0.39 is 15.8 Å². The van der Waals surface area contributed by atoms with Gasteiger partial charge in [0.15, 0.2) is 0 Å². The van der Waals surface area contributed by atoms with Gasteiger partial charge in [-0.25, -0.2) is 12.8 Å². The number of nitrogens with one attached hydrogen (secondary N) is 1. The van der Waals surface area contributed by atoms with Crippen molar-refractivity contribution in [1.82, 2.24) is 0 Å². The highest BCUT2D eigenvalue weighted by Gasteiger charge is 2.16. The number of nitrogen functional groups attached to an aromatic ring is 1. The van der Waals surface area contributed by atoms with Crippen LogP contribution in [0.25, 0.3) is 0 Å². The maximum Gasteiger partial charge on any atom is 0.271 e. The molecule has 1 aromatic carbocycles. The molecule has 0 aliphatic rings. The summed E-state index contributed by atoms with van der Waals surface area (Å²) in [6.07, 6.45) is 0. The van der Waals surface area contributed by atoms with E-state index in [0.29, 0.717) is 5.69 Å². The molecule has 0 saturated carbocycles. The predicted molar refractivity (Wildman–Crippen MR) is 70.9 cm³/mol. The summed E-state index contributed by atoms with van der Waals surface area (Å²) in [6.45, 7) is 0. The van der Waals surface area contributed by atoms with Gasteiger partial charge < -0.3 is 5.73 Å². The van der Waals surface area contributed by atoms with Crippen molar-refractivity contribution in [2.24, 2.45) is 0 Å². The van der Waals surface area contributed by atoms with Crippen molar-refractivity contribution >= 4 is 44.3 Å². The number of benzene rings is 1. The fourth-order valence-electron chi connectivity index (χ4n) is 1.24. The summed E-state index contributed by atoms with van der Waals surface area (Å²) in [5, 5.41) is 1.37. The van der Waals surface area contributed by atoms with Gasteiger partial charge in [0.25, 0.3) is 10.0 Å². The zero-order chi connectivity index (χ0) is 13.3. The standard InChI is InChI=1S/C10H8ClFN2O2S2/c11-8-4-7(1-2-9(8)12)14-18(15,16)10-3-6(13)5-17-10/h1-5,14H,13H2. The Labute approximate surface area is 112 Å². The van der Waals surface area contributed by atoms with E-state index >= 15 is 0 Å². The second-order valence-electron chi connectivity index (χ2n) is 3.43. The van der Waals surface area contributed by atoms with E-state index in [4.69, 9.17) is 17.3 Å². The second kappa shape index (κ2) is 4.75. The fourth-order valence-corrected chi connectivity index (χ4v) is 3.55. The lowest BCUT2D eigenvalue weighted by molar-refractivity contribution is 0.603. The van der Waals surface area contributed by atoms with Crippen molar-refractivity contribution in [2.45, 2.75) is 4.21 Å². The van der Waals surface area contributed by atoms with Crippen molar-refractivity contribution in [3.63, 3.8) is 0 Å². The molecule has 4 nitrogen and oxygen atoms in total. The first kappa shape index (κ1) is 13.1. The molecule has 0 radical (unpaired) electrons. The second-order valence-corrected chi connectivity index (χ2v) is 6.66. The highest BCUT2D eigenvalue weighted by Crippen LogP contribution is 2.26. The molecular weight excluding hydrogens is 299 g/mol. The lowest BCUT2D eigenvalue weighted by Gasteiger charge is -2.06. The predicted octanol–water partition coefficient (Wildman–Crippen LogP) is 2.92. The van der Waals surface area contributed by atoms with Crippen LogP contribution in [-0.2, 0) is 10.0 Å². The number of rotatable bonds is 3. The van der Waals surface area contributed by atoms with Crippen LogP contribution in [0.4, 0.5) is 15.8 Å². The highest BCUT2D eigenvalue weighted by molar-refractivity contribution is 7.94. The SMILES string of the molecule is Nc1csc(S(=O)(=O)Nc2ccc(F)c(Cl)c2)c1. The third kappa shape index (κ3) is 2.74. The largest absolute Gasteiger partial charge is 0.398 e. The van der Waals surface area contributed by atoms with E-state index in [9.17, 15) is 12.8 Å². The van der Waals surface area contributed by atoms with E-state index in [1.54, 1.807) is 0 Å². The van der Waals surface area contributed by atoms with Crippen LogP contribution in [0, 0.1) is 5.82 Å². The maximum absolute atomic E-state index is 12.9. The van der Waals surface area contributed by atoms with Crippen molar-refractivity contribution < 1.29 is 12.8 Å². The van der Waals surface area contributed by atoms with E-state index in [2.05, 4.69) is 4.72 Å². The van der Waals surface area contributed by atoms with Crippen LogP contribution >= 0.6 is 22.9 Å². The molecule has 0 fully saturated rings. The number of anilines is 2. The summed E-state index contributed by atoms with van der Waals surface area (Å²) in [5.74, 6) is -0.611. The third-order valence-corrected chi connectivity index (χ3v) is 5.16. The summed E-state index contributed by atoms with van der Waals surface area (Å²) in [7, 11) is -3.71. The molecular formula is C10H8ClFN2O2S2. The molecule has 96 valence electrons. The van der Waals surface area contributed by atoms with Crippen molar-refractivity contribution in [2.75, 3.05) is 10.5 Å². The normalized spacial score (nSPS) is 11.4. The molecule has 0 saturated heterocycles. The number of thiophene rings is 1. The van der Waals surface area contributed by atoms with Crippen molar-refractivity contribution in [1.29, 1.82) is 0 Å². The molecule has 0 spiro atoms. The van der Waals surface area contributed by atoms with Crippen LogP contribution in [0.2, 0.25) is 5.02 Å². The van der Waals surface area contributed by atoms with Crippen LogP contribution in [-0.4, -0.2) is 8.42 Å². The summed E-state index contributed by atoms with van der Waals surface area (Å²) < 4.78 is 39.1. The molecule has 2 rings (SSSR count). The molecule has 0 unspecified atom stereocenters. The molecule has 3 N–H and O–H groups in total. The molecule has 0 amide bonds. The molecule has 1 heterocycles. The Hall–Kier alpha value is -1.31. The maximum atomic E-state index is 12.9. The molecule has 8 heteroatoms. The van der Waals surface area contributed by atoms with E-state index in [1.165, 1.54) is 23.6 Å². The molecule has 0 aliphatic heterocycles. The van der Waals surface area contributed by atoms with Crippen molar-refractivity contribution in [3.8, 4) is 0 Å². The average Bonchev–Trinajstić information content (AvgIpc) is 2.71. The quantitative estimate of drug-likeness (QED) is 0.916. The first-order valence-corrected chi connectivity index (χ1v) is 7.44. The molecule has 18 heavy (non-hydrogen) atoms. The van der Waals surface area contributed by atoms with Gasteiger partial charge in [-0.1, -0.05) is 11.6 Å². The average molecular weight is 307 g/mol. The minimum atomic E-state index is -3.71. The number of nitrogens with two attached hydrogens (primary N) is 1. The monoisotopic (exact) mass is 306 g/mol. The summed E-state index contributed by atoms with van der Waals surface area (Å²) in [6, 6.07) is 4.92. The van der Waals surface area contributed by atoms with Gasteiger partial charge >= 0.3 is 0 Å². The van der Waals surface area contributed by atoms with Gasteiger partial charge in [-0.3, -0.25) is 4.72 Å². The lowest BCUT2D eigenvalue weighted by atomic mass is 10.3. The van der Waals surface area contributed by atoms with Crippen LogP contribution in [0.1, 0.15) is 0 Å². The van der Waals surface area contributed by atoms with Crippen molar-refractivity contribution in [3.05, 3.63) is 40.5 Å². The van der Waals surface area contributed by atoms with Gasteiger partial charge in [-0.2, -0.15) is 0 Å². The third-order valence-electron chi connectivity index (χ3n) is 2.03. The van der Waals surface area contributed by atoms with Gasteiger partial charge in [-0.15, -0.1) is 11.3 Å². The Kier molecular flexibility index (Phi) is 3.47. The highest BCUT2D eigenvalue weighted by atomic mass is 35.5. The van der Waals surface area contributed by atoms with Gasteiger partial charge in [0.2, 0.25) is 0 Å². The topological polar surface area (TPSA) is 72.2 Å². The first-order valence-electron chi connectivity index (χ1n) is 4.70. The number of sulfonamides is 1. The van der Waals surface area contributed by atoms with E-state index in [1.807, 2.05) is 0 Å². The van der Waals surface area contributed by atoms with Crippen LogP contribution < -0.4 is 10.5 Å². The Morgan fingerprint density at radius 3 is 2.61 bits per heavy atom. The number of hydrogen-bond acceptors (Lipinski definition) is 4. The fraction of sp³-hybridized carbons (Fsp3) is 0. The Morgan fingerprint density at radius 1 is 1.33 bits per heavy atom. The Bertz CT molecular complexity index is 685. The van der Waals surface area contributed by atoms with Gasteiger partial charge in [0.1, 0.15) is 10.0 Å².